The normalized spacial score (nSPS) is 13.7. The molecular formula is C87H60N4. The summed E-state index contributed by atoms with van der Waals surface area (Å²) in [6.45, 7) is 9.76. The third-order valence-corrected chi connectivity index (χ3v) is 20.7. The van der Waals surface area contributed by atoms with Crippen molar-refractivity contribution in [3.63, 3.8) is 0 Å². The van der Waals surface area contributed by atoms with Crippen LogP contribution in [-0.4, -0.2) is 19.1 Å². The molecule has 2 aliphatic carbocycles. The lowest BCUT2D eigenvalue weighted by Gasteiger charge is -2.26. The van der Waals surface area contributed by atoms with E-state index in [2.05, 4.69) is 317 Å². The highest BCUT2D eigenvalue weighted by Crippen LogP contribution is 2.60. The number of fused-ring (bicyclic) bond motifs is 22. The van der Waals surface area contributed by atoms with Crippen LogP contribution in [0, 0.1) is 0 Å². The Labute approximate surface area is 527 Å². The number of imidazole rings is 2. The van der Waals surface area contributed by atoms with Gasteiger partial charge >= 0.3 is 0 Å². The minimum absolute atomic E-state index is 0.215. The van der Waals surface area contributed by atoms with E-state index in [4.69, 9.17) is 9.97 Å². The van der Waals surface area contributed by atoms with Crippen LogP contribution in [0.2, 0.25) is 0 Å². The van der Waals surface area contributed by atoms with E-state index in [1.807, 2.05) is 0 Å². The number of aryl methyl sites for hydroxylation is 1. The lowest BCUT2D eigenvalue weighted by molar-refractivity contribution is 0.672. The molecule has 0 aliphatic heterocycles. The average molecular weight is 1160 g/mol. The largest absolute Gasteiger partial charge is 0.327 e. The highest BCUT2D eigenvalue weighted by molar-refractivity contribution is 6.23. The second-order valence-corrected chi connectivity index (χ2v) is 26.4. The Balaban J connectivity index is 0.734. The van der Waals surface area contributed by atoms with Gasteiger partial charge < -0.3 is 4.57 Å². The fourth-order valence-electron chi connectivity index (χ4n) is 16.9. The lowest BCUT2D eigenvalue weighted by Crippen LogP contribution is -2.16. The molecule has 0 amide bonds. The summed E-state index contributed by atoms with van der Waals surface area (Å²) in [6.07, 6.45) is 0. The van der Waals surface area contributed by atoms with E-state index in [0.29, 0.717) is 0 Å². The number of benzene rings is 15. The molecule has 428 valence electrons. The molecule has 0 unspecified atom stereocenters. The molecule has 91 heavy (non-hydrogen) atoms. The SMILES string of the molecule is Cn1c(-c2cccc(-c3ccc4c(c3)c3c(c5ccccc54)-c4cc(-c5ccc6c(c5)nc(-c5ccccc5)n6-c5ccccc5)c5ccccc5c4C3(C)C)c2)nc2cc(-c3cc4c(c5ccccc35)C(C)(C)c3c-4c4ccccc4c4ccccc34)ccc21. The van der Waals surface area contributed by atoms with Crippen LogP contribution in [0.1, 0.15) is 49.9 Å². The summed E-state index contributed by atoms with van der Waals surface area (Å²) >= 11 is 0. The molecule has 2 aromatic heterocycles. The zero-order valence-corrected chi connectivity index (χ0v) is 51.3. The molecule has 2 heterocycles. The summed E-state index contributed by atoms with van der Waals surface area (Å²) in [5, 5.41) is 15.5. The van der Waals surface area contributed by atoms with Crippen LogP contribution >= 0.6 is 0 Å². The van der Waals surface area contributed by atoms with E-state index >= 15 is 0 Å². The summed E-state index contributed by atoms with van der Waals surface area (Å²) in [7, 11) is 2.16. The van der Waals surface area contributed by atoms with Gasteiger partial charge in [-0.3, -0.25) is 4.57 Å². The minimum atomic E-state index is -0.336. The quantitative estimate of drug-likeness (QED) is 0.156. The van der Waals surface area contributed by atoms with Crippen LogP contribution in [0.3, 0.4) is 0 Å². The Kier molecular flexibility index (Phi) is 10.8. The summed E-state index contributed by atoms with van der Waals surface area (Å²) in [5.41, 5.74) is 24.8. The highest BCUT2D eigenvalue weighted by atomic mass is 15.1. The fraction of sp³-hybridized carbons (Fsp3) is 0.0805. The molecule has 0 saturated heterocycles. The monoisotopic (exact) mass is 1160 g/mol. The van der Waals surface area contributed by atoms with Crippen molar-refractivity contribution in [3.05, 3.63) is 295 Å². The standard InChI is InChI=1S/C87H60N4/c1-86(2)80-66-36-19-15-32-61(66)69(49-72(80)78-64-34-17-12-29-58(64)60-31-14-21-38-68(60)82(78)86)54-40-43-76-74(47-54)88-84(90(76)5)56-26-22-25-52(45-56)53-39-42-63-59-30-13-18-35-65(59)79-73-50-70(62-33-16-20-37-67(62)81(73)87(3,4)83(79)71(63)46-53)55-41-44-77-75(48-55)89-85(51-23-8-6-9-24-51)91(77)57-27-10-7-11-28-57/h6-50H,1-5H3. The highest BCUT2D eigenvalue weighted by Gasteiger charge is 2.42. The predicted molar refractivity (Wildman–Crippen MR) is 383 cm³/mol. The molecule has 15 aromatic carbocycles. The smallest absolute Gasteiger partial charge is 0.145 e. The molecule has 0 fully saturated rings. The molecule has 0 bridgehead atoms. The van der Waals surface area contributed by atoms with Gasteiger partial charge in [0.1, 0.15) is 11.6 Å². The molecule has 0 N–H and O–H groups in total. The van der Waals surface area contributed by atoms with E-state index < -0.39 is 0 Å². The maximum atomic E-state index is 5.52. The van der Waals surface area contributed by atoms with Gasteiger partial charge in [0.15, 0.2) is 0 Å². The van der Waals surface area contributed by atoms with Crippen LogP contribution in [0.15, 0.2) is 273 Å². The van der Waals surface area contributed by atoms with Crippen LogP contribution in [-0.2, 0) is 17.9 Å². The third kappa shape index (κ3) is 7.27. The zero-order valence-electron chi connectivity index (χ0n) is 51.3. The molecule has 19 rings (SSSR count). The average Bonchev–Trinajstić information content (AvgIpc) is 2.14. The predicted octanol–water partition coefficient (Wildman–Crippen LogP) is 22.8. The molecule has 2 aliphatic rings. The number of rotatable bonds is 6. The Morgan fingerprint density at radius 2 is 0.670 bits per heavy atom. The van der Waals surface area contributed by atoms with E-state index in [1.165, 1.54) is 126 Å². The molecule has 4 nitrogen and oxygen atoms in total. The molecular weight excluding hydrogens is 1100 g/mol. The van der Waals surface area contributed by atoms with Crippen molar-refractivity contribution in [2.45, 2.75) is 38.5 Å². The molecule has 0 atom stereocenters. The Bertz CT molecular complexity index is 6020. The Morgan fingerprint density at radius 3 is 1.25 bits per heavy atom. The van der Waals surface area contributed by atoms with Crippen LogP contribution in [0.4, 0.5) is 0 Å². The van der Waals surface area contributed by atoms with Crippen LogP contribution < -0.4 is 0 Å². The van der Waals surface area contributed by atoms with Gasteiger partial charge in [0.05, 0.1) is 22.1 Å². The zero-order chi connectivity index (χ0) is 60.6. The minimum Gasteiger partial charge on any atom is -0.327 e. The van der Waals surface area contributed by atoms with E-state index in [9.17, 15) is 0 Å². The van der Waals surface area contributed by atoms with Gasteiger partial charge in [0.25, 0.3) is 0 Å². The topological polar surface area (TPSA) is 35.6 Å². The van der Waals surface area contributed by atoms with Crippen molar-refractivity contribution in [1.29, 1.82) is 0 Å². The second kappa shape index (κ2) is 18.9. The lowest BCUT2D eigenvalue weighted by atomic mass is 9.77. The first kappa shape index (κ1) is 51.8. The number of para-hydroxylation sites is 1. The summed E-state index contributed by atoms with van der Waals surface area (Å²) in [4.78, 5) is 10.9. The van der Waals surface area contributed by atoms with Gasteiger partial charge in [-0.15, -0.1) is 0 Å². The van der Waals surface area contributed by atoms with E-state index in [0.717, 1.165) is 67.2 Å². The van der Waals surface area contributed by atoms with Crippen LogP contribution in [0.5, 0.6) is 0 Å². The van der Waals surface area contributed by atoms with Crippen LogP contribution in [0.25, 0.3) is 171 Å². The maximum Gasteiger partial charge on any atom is 0.145 e. The van der Waals surface area contributed by atoms with Gasteiger partial charge in [0, 0.05) is 34.7 Å². The van der Waals surface area contributed by atoms with Crippen molar-refractivity contribution < 1.29 is 0 Å². The van der Waals surface area contributed by atoms with Gasteiger partial charge in [-0.2, -0.15) is 0 Å². The van der Waals surface area contributed by atoms with Gasteiger partial charge in [0.2, 0.25) is 0 Å². The first-order valence-corrected chi connectivity index (χ1v) is 31.9. The first-order valence-electron chi connectivity index (χ1n) is 31.9. The Hall–Kier alpha value is -11.2. The van der Waals surface area contributed by atoms with Crippen molar-refractivity contribution in [1.82, 2.24) is 19.1 Å². The van der Waals surface area contributed by atoms with E-state index in [-0.39, 0.29) is 10.8 Å². The molecule has 17 aromatic rings. The maximum absolute atomic E-state index is 5.52. The van der Waals surface area contributed by atoms with E-state index in [1.54, 1.807) is 0 Å². The number of nitrogens with zero attached hydrogens (tertiary/aromatic N) is 4. The third-order valence-electron chi connectivity index (χ3n) is 20.7. The summed E-state index contributed by atoms with van der Waals surface area (Å²) < 4.78 is 4.56. The first-order chi connectivity index (χ1) is 44.6. The van der Waals surface area contributed by atoms with Crippen molar-refractivity contribution in [2.75, 3.05) is 0 Å². The molecule has 0 saturated carbocycles. The number of hydrogen-bond acceptors (Lipinski definition) is 2. The number of aromatic nitrogens is 4. The Morgan fingerprint density at radius 1 is 0.264 bits per heavy atom. The summed E-state index contributed by atoms with van der Waals surface area (Å²) in [6, 6.07) is 101. The molecule has 4 heteroatoms. The molecule has 0 spiro atoms. The van der Waals surface area contributed by atoms with Crippen molar-refractivity contribution in [2.24, 2.45) is 7.05 Å². The van der Waals surface area contributed by atoms with Crippen molar-refractivity contribution in [3.8, 4) is 84.1 Å². The second-order valence-electron chi connectivity index (χ2n) is 26.4. The van der Waals surface area contributed by atoms with Gasteiger partial charge in [-0.05, 0) is 203 Å². The van der Waals surface area contributed by atoms with Crippen molar-refractivity contribution >= 4 is 86.7 Å². The fourth-order valence-corrected chi connectivity index (χ4v) is 16.9. The van der Waals surface area contributed by atoms with Gasteiger partial charge in [-0.25, -0.2) is 9.97 Å². The molecule has 0 radical (unpaired) electrons. The number of hydrogen-bond donors (Lipinski definition) is 0. The summed E-state index contributed by atoms with van der Waals surface area (Å²) in [5.74, 6) is 1.87. The van der Waals surface area contributed by atoms with Gasteiger partial charge in [-0.1, -0.05) is 240 Å².